The van der Waals surface area contributed by atoms with Crippen LogP contribution in [0.25, 0.3) is 30.1 Å². The molecule has 4 rings (SSSR count). The summed E-state index contributed by atoms with van der Waals surface area (Å²) in [6.07, 6.45) is 4.10. The molecule has 0 atom stereocenters. The Morgan fingerprint density at radius 3 is 1.90 bits per heavy atom. The normalized spacial score (nSPS) is 12.6. The maximum Gasteiger partial charge on any atom is 0.294 e. The van der Waals surface area contributed by atoms with Crippen molar-refractivity contribution in [2.45, 2.75) is 16.7 Å². The van der Waals surface area contributed by atoms with Crippen LogP contribution in [0.3, 0.4) is 0 Å². The molecule has 0 saturated heterocycles. The molecule has 0 saturated carbocycles. The first-order valence-electron chi connectivity index (χ1n) is 11.4. The largest absolute Gasteiger partial charge is 0.494 e. The summed E-state index contributed by atoms with van der Waals surface area (Å²) in [6, 6.07) is 11.0. The molecule has 0 aliphatic rings. The number of nitrogens with zero attached hydrogens (tertiary/aromatic N) is 3. The second-order valence-corrected chi connectivity index (χ2v) is 11.4. The van der Waals surface area contributed by atoms with Gasteiger partial charge in [0.15, 0.2) is 0 Å². The van der Waals surface area contributed by atoms with Crippen molar-refractivity contribution in [3.63, 3.8) is 0 Å². The lowest BCUT2D eigenvalue weighted by Crippen LogP contribution is -2.33. The second kappa shape index (κ2) is 10.5. The van der Waals surface area contributed by atoms with Gasteiger partial charge in [0.2, 0.25) is 5.88 Å². The summed E-state index contributed by atoms with van der Waals surface area (Å²) in [5.74, 6) is -0.573. The van der Waals surface area contributed by atoms with E-state index < -0.39 is 42.1 Å². The molecule has 13 nitrogen and oxygen atoms in total. The number of nitriles is 1. The number of aromatic hydroxyl groups is 1. The molecule has 2 heterocycles. The van der Waals surface area contributed by atoms with Crippen molar-refractivity contribution in [3.8, 4) is 23.3 Å². The van der Waals surface area contributed by atoms with E-state index >= 15 is 0 Å². The molecule has 210 valence electrons. The number of aromatic amines is 1. The first kappa shape index (κ1) is 29.0. The van der Waals surface area contributed by atoms with Gasteiger partial charge in [0, 0.05) is 5.56 Å². The number of allylic oxidation sites excluding steroid dienone is 1. The summed E-state index contributed by atoms with van der Waals surface area (Å²) in [5.41, 5.74) is -1.24. The number of H-pyrrole nitrogens is 1. The van der Waals surface area contributed by atoms with E-state index in [9.17, 15) is 41.3 Å². The van der Waals surface area contributed by atoms with E-state index in [4.69, 9.17) is 4.55 Å². The van der Waals surface area contributed by atoms with Gasteiger partial charge in [-0.3, -0.25) is 23.8 Å². The van der Waals surface area contributed by atoms with E-state index in [1.54, 1.807) is 6.07 Å². The van der Waals surface area contributed by atoms with E-state index in [0.717, 1.165) is 33.5 Å². The van der Waals surface area contributed by atoms with Gasteiger partial charge in [-0.25, -0.2) is 9.25 Å². The highest BCUT2D eigenvalue weighted by Crippen LogP contribution is 2.26. The first-order valence-corrected chi connectivity index (χ1v) is 14.3. The van der Waals surface area contributed by atoms with Crippen LogP contribution in [-0.2, 0) is 20.2 Å². The first-order chi connectivity index (χ1) is 19.1. The molecule has 0 bridgehead atoms. The van der Waals surface area contributed by atoms with Gasteiger partial charge in [-0.05, 0) is 73.2 Å². The predicted molar refractivity (Wildman–Crippen MR) is 147 cm³/mol. The Kier molecular flexibility index (Phi) is 7.44. The molecule has 15 heteroatoms. The molecular formula is C26H20N4O9S2. The number of hydrogen-bond acceptors (Lipinski definition) is 8. The van der Waals surface area contributed by atoms with Crippen LogP contribution in [-0.4, -0.2) is 45.4 Å². The molecule has 0 fully saturated rings. The van der Waals surface area contributed by atoms with Crippen LogP contribution in [0.1, 0.15) is 16.7 Å². The van der Waals surface area contributed by atoms with Gasteiger partial charge in [0.1, 0.15) is 11.6 Å². The average molecular weight is 597 g/mol. The molecule has 4 N–H and O–H groups in total. The number of aromatic nitrogens is 3. The summed E-state index contributed by atoms with van der Waals surface area (Å²) in [4.78, 5) is 25.2. The zero-order valence-electron chi connectivity index (χ0n) is 21.0. The maximum atomic E-state index is 13.0. The molecule has 0 aliphatic heterocycles. The lowest BCUT2D eigenvalue weighted by atomic mass is 10.0. The molecule has 0 unspecified atom stereocenters. The van der Waals surface area contributed by atoms with E-state index in [1.807, 2.05) is 0 Å². The number of rotatable bonds is 6. The molecule has 41 heavy (non-hydrogen) atoms. The number of benzene rings is 2. The van der Waals surface area contributed by atoms with Crippen LogP contribution in [0.5, 0.6) is 5.88 Å². The monoisotopic (exact) mass is 596 g/mol. The van der Waals surface area contributed by atoms with Crippen molar-refractivity contribution in [1.82, 2.24) is 14.3 Å². The molecule has 0 aliphatic carbocycles. The van der Waals surface area contributed by atoms with E-state index in [-0.39, 0.29) is 43.5 Å². The minimum absolute atomic E-state index is 0.0172. The third-order valence-electron chi connectivity index (χ3n) is 6.08. The number of hydrogen-bond donors (Lipinski definition) is 4. The van der Waals surface area contributed by atoms with Gasteiger partial charge in [-0.1, -0.05) is 12.7 Å². The van der Waals surface area contributed by atoms with Crippen molar-refractivity contribution in [3.05, 3.63) is 103 Å². The van der Waals surface area contributed by atoms with Crippen molar-refractivity contribution in [2.75, 3.05) is 0 Å². The van der Waals surface area contributed by atoms with Crippen molar-refractivity contribution >= 4 is 39.0 Å². The van der Waals surface area contributed by atoms with Crippen molar-refractivity contribution < 1.29 is 31.0 Å². The van der Waals surface area contributed by atoms with Crippen molar-refractivity contribution in [2.24, 2.45) is 0 Å². The molecule has 2 aromatic carbocycles. The minimum atomic E-state index is -4.51. The van der Waals surface area contributed by atoms with Gasteiger partial charge in [-0.2, -0.15) is 22.1 Å². The summed E-state index contributed by atoms with van der Waals surface area (Å²) in [7, 11) is -8.92. The van der Waals surface area contributed by atoms with Crippen LogP contribution in [0.15, 0.2) is 74.0 Å². The maximum absolute atomic E-state index is 13.0. The Labute approximate surface area is 232 Å². The summed E-state index contributed by atoms with van der Waals surface area (Å²) < 4.78 is 65.5. The molecular weight excluding hydrogens is 576 g/mol. The summed E-state index contributed by atoms with van der Waals surface area (Å²) >= 11 is 0. The highest BCUT2D eigenvalue weighted by Gasteiger charge is 2.19. The third kappa shape index (κ3) is 5.53. The molecule has 4 aromatic rings. The second-order valence-electron chi connectivity index (χ2n) is 8.60. The fourth-order valence-corrected chi connectivity index (χ4v) is 4.95. The van der Waals surface area contributed by atoms with Crippen LogP contribution >= 0.6 is 0 Å². The van der Waals surface area contributed by atoms with Crippen molar-refractivity contribution in [1.29, 1.82) is 5.26 Å². The fourth-order valence-electron chi connectivity index (χ4n) is 3.99. The Hall–Kier alpha value is -5.01. The highest BCUT2D eigenvalue weighted by molar-refractivity contribution is 7.86. The Morgan fingerprint density at radius 2 is 1.41 bits per heavy atom. The molecule has 0 amide bonds. The Balaban J connectivity index is 1.80. The zero-order valence-corrected chi connectivity index (χ0v) is 22.6. The Bertz CT molecular complexity index is 2220. The summed E-state index contributed by atoms with van der Waals surface area (Å²) in [5, 5.41) is 23.6. The quantitative estimate of drug-likeness (QED) is 0.228. The lowest BCUT2D eigenvalue weighted by molar-refractivity contribution is 0.433. The van der Waals surface area contributed by atoms with Crippen LogP contribution in [0.2, 0.25) is 0 Å². The standard InChI is InChI=1S/C26H20N4O9S2/c1-15-21(24(31)29(25(32)23(15)14-27)17-6-10-19(11-7-17)40(34,35)36)4-3-5-22-16(2)28-30(26(22)33)18-8-12-20(13-9-18)41(37,38)39/h3-13,28,31H,2H2,1H3,(H,34,35,36)(H,37,38,39). The van der Waals surface area contributed by atoms with E-state index in [1.165, 1.54) is 49.4 Å². The van der Waals surface area contributed by atoms with Gasteiger partial charge in [0.05, 0.1) is 31.7 Å². The number of pyridine rings is 1. The van der Waals surface area contributed by atoms with Gasteiger partial charge in [0.25, 0.3) is 31.4 Å². The molecule has 2 aromatic heterocycles. The lowest BCUT2D eigenvalue weighted by Gasteiger charge is -2.14. The van der Waals surface area contributed by atoms with Crippen LogP contribution < -0.4 is 21.7 Å². The highest BCUT2D eigenvalue weighted by atomic mass is 32.2. The van der Waals surface area contributed by atoms with Gasteiger partial charge >= 0.3 is 0 Å². The predicted octanol–water partition coefficient (Wildman–Crippen LogP) is 0.600. The van der Waals surface area contributed by atoms with E-state index in [0.29, 0.717) is 0 Å². The Morgan fingerprint density at radius 1 is 0.902 bits per heavy atom. The molecule has 0 spiro atoms. The fraction of sp³-hybridized carbons (Fsp3) is 0.0385. The van der Waals surface area contributed by atoms with Crippen LogP contribution in [0, 0.1) is 18.3 Å². The SMILES string of the molecule is C=c1[nH]n(-c2ccc(S(=O)(=O)O)cc2)c(=O)c1=CC=Cc1c(C)c(C#N)c(=O)n(-c2ccc(S(=O)(=O)O)cc2)c1O. The smallest absolute Gasteiger partial charge is 0.294 e. The summed E-state index contributed by atoms with van der Waals surface area (Å²) in [6.45, 7) is 5.23. The number of nitrogens with one attached hydrogen (secondary N) is 1. The molecule has 0 radical (unpaired) electrons. The topological polar surface area (TPSA) is 213 Å². The third-order valence-corrected chi connectivity index (χ3v) is 7.81. The van der Waals surface area contributed by atoms with Crippen LogP contribution in [0.4, 0.5) is 0 Å². The van der Waals surface area contributed by atoms with Gasteiger partial charge in [-0.15, -0.1) is 0 Å². The zero-order chi connectivity index (χ0) is 30.3. The average Bonchev–Trinajstić information content (AvgIpc) is 3.18. The van der Waals surface area contributed by atoms with E-state index in [2.05, 4.69) is 11.7 Å². The van der Waals surface area contributed by atoms with Gasteiger partial charge < -0.3 is 5.11 Å². The minimum Gasteiger partial charge on any atom is -0.494 e.